The van der Waals surface area contributed by atoms with Crippen LogP contribution in [0.15, 0.2) is 30.3 Å². The first-order valence-corrected chi connectivity index (χ1v) is 5.68. The minimum absolute atomic E-state index is 0.000295. The van der Waals surface area contributed by atoms with Gasteiger partial charge in [0.05, 0.1) is 0 Å². The summed E-state index contributed by atoms with van der Waals surface area (Å²) in [6, 6.07) is 9.67. The maximum absolute atomic E-state index is 11.8. The lowest BCUT2D eigenvalue weighted by molar-refractivity contribution is -0.122. The molecule has 1 aliphatic carbocycles. The van der Waals surface area contributed by atoms with Crippen molar-refractivity contribution in [3.63, 3.8) is 0 Å². The quantitative estimate of drug-likeness (QED) is 0.697. The van der Waals surface area contributed by atoms with E-state index in [0.29, 0.717) is 6.42 Å². The van der Waals surface area contributed by atoms with Gasteiger partial charge in [0.15, 0.2) is 11.6 Å². The number of Topliss-reactive ketones (excluding diaryl/α,β-unsaturated/α-hetero) is 2. The van der Waals surface area contributed by atoms with Crippen molar-refractivity contribution in [2.45, 2.75) is 19.3 Å². The van der Waals surface area contributed by atoms with E-state index >= 15 is 0 Å². The molecule has 2 nitrogen and oxygen atoms in total. The van der Waals surface area contributed by atoms with Crippen molar-refractivity contribution in [1.29, 1.82) is 0 Å². The average Bonchev–Trinajstić information content (AvgIpc) is 2.32. The fraction of sp³-hybridized carbons (Fsp3) is 0.308. The van der Waals surface area contributed by atoms with Crippen LogP contribution in [0.25, 0.3) is 0 Å². The van der Waals surface area contributed by atoms with E-state index in [-0.39, 0.29) is 28.3 Å². The Morgan fingerprint density at radius 1 is 1.19 bits per heavy atom. The molecule has 16 heavy (non-hydrogen) atoms. The maximum Gasteiger partial charge on any atom is 0.180 e. The molecule has 1 aromatic rings. The molecule has 0 spiro atoms. The zero-order valence-corrected chi connectivity index (χ0v) is 9.79. The fourth-order valence-electron chi connectivity index (χ4n) is 2.10. The lowest BCUT2D eigenvalue weighted by Gasteiger charge is -2.27. The first-order valence-electron chi connectivity index (χ1n) is 5.27. The summed E-state index contributed by atoms with van der Waals surface area (Å²) >= 11 is 4.83. The molecule has 2 rings (SSSR count). The van der Waals surface area contributed by atoms with Crippen LogP contribution in [0.4, 0.5) is 0 Å². The number of carbonyl (C=O) groups is 2. The molecule has 0 aromatic heterocycles. The van der Waals surface area contributed by atoms with Crippen LogP contribution in [0, 0.1) is 5.92 Å². The zero-order valence-electron chi connectivity index (χ0n) is 8.97. The van der Waals surface area contributed by atoms with Crippen LogP contribution >= 0.6 is 12.2 Å². The number of thiocarbonyl (C=S) groups is 1. The third-order valence-electron chi connectivity index (χ3n) is 3.13. The van der Waals surface area contributed by atoms with Gasteiger partial charge in [-0.3, -0.25) is 9.59 Å². The van der Waals surface area contributed by atoms with E-state index in [1.807, 2.05) is 37.3 Å². The predicted octanol–water partition coefficient (Wildman–Crippen LogP) is 2.32. The molecule has 3 heteroatoms. The highest BCUT2D eigenvalue weighted by atomic mass is 32.1. The molecule has 2 unspecified atom stereocenters. The van der Waals surface area contributed by atoms with E-state index in [4.69, 9.17) is 12.2 Å². The van der Waals surface area contributed by atoms with Crippen LogP contribution in [0.1, 0.15) is 24.8 Å². The second-order valence-corrected chi connectivity index (χ2v) is 4.53. The highest BCUT2D eigenvalue weighted by Crippen LogP contribution is 2.33. The number of rotatable bonds is 1. The molecule has 1 fully saturated rings. The average molecular weight is 232 g/mol. The van der Waals surface area contributed by atoms with Crippen LogP contribution in [-0.2, 0) is 9.59 Å². The minimum Gasteiger partial charge on any atom is -0.293 e. The van der Waals surface area contributed by atoms with Gasteiger partial charge in [0.25, 0.3) is 0 Å². The monoisotopic (exact) mass is 232 g/mol. The molecule has 0 bridgehead atoms. The minimum atomic E-state index is -0.188. The first-order chi connectivity index (χ1) is 7.61. The van der Waals surface area contributed by atoms with Crippen molar-refractivity contribution in [3.8, 4) is 0 Å². The molecule has 1 saturated carbocycles. The van der Waals surface area contributed by atoms with Gasteiger partial charge in [-0.25, -0.2) is 0 Å². The zero-order chi connectivity index (χ0) is 11.7. The molecule has 1 aromatic carbocycles. The van der Waals surface area contributed by atoms with E-state index in [1.54, 1.807) is 0 Å². The van der Waals surface area contributed by atoms with E-state index in [0.717, 1.165) is 5.56 Å². The van der Waals surface area contributed by atoms with Gasteiger partial charge in [-0.15, -0.1) is 0 Å². The van der Waals surface area contributed by atoms with Gasteiger partial charge in [0.2, 0.25) is 0 Å². The summed E-state index contributed by atoms with van der Waals surface area (Å²) in [5.41, 5.74) is 1.04. The topological polar surface area (TPSA) is 34.1 Å². The maximum atomic E-state index is 11.8. The number of benzene rings is 1. The van der Waals surface area contributed by atoms with Gasteiger partial charge in [-0.2, -0.15) is 0 Å². The lowest BCUT2D eigenvalue weighted by Crippen LogP contribution is -2.37. The largest absolute Gasteiger partial charge is 0.293 e. The smallest absolute Gasteiger partial charge is 0.180 e. The molecule has 0 radical (unpaired) electrons. The van der Waals surface area contributed by atoms with Crippen LogP contribution in [0.3, 0.4) is 0 Å². The SMILES string of the molecule is CC1C(=O)C(=S)C(=O)CC1c1ccccc1. The second-order valence-electron chi connectivity index (χ2n) is 4.13. The Labute approximate surface area is 99.7 Å². The van der Waals surface area contributed by atoms with Gasteiger partial charge < -0.3 is 0 Å². The molecule has 82 valence electrons. The Morgan fingerprint density at radius 3 is 2.44 bits per heavy atom. The Hall–Kier alpha value is -1.35. The number of carbonyl (C=O) groups excluding carboxylic acids is 2. The molecular weight excluding hydrogens is 220 g/mol. The van der Waals surface area contributed by atoms with Crippen LogP contribution in [0.2, 0.25) is 0 Å². The van der Waals surface area contributed by atoms with E-state index in [2.05, 4.69) is 0 Å². The normalized spacial score (nSPS) is 25.9. The number of hydrogen-bond acceptors (Lipinski definition) is 3. The molecule has 1 aliphatic rings. The summed E-state index contributed by atoms with van der Waals surface area (Å²) in [7, 11) is 0. The summed E-state index contributed by atoms with van der Waals surface area (Å²) in [6.07, 6.45) is 0.357. The fourth-order valence-corrected chi connectivity index (χ4v) is 2.37. The highest BCUT2D eigenvalue weighted by Gasteiger charge is 2.37. The Morgan fingerprint density at radius 2 is 1.81 bits per heavy atom. The van der Waals surface area contributed by atoms with Crippen molar-refractivity contribution in [2.75, 3.05) is 0 Å². The summed E-state index contributed by atoms with van der Waals surface area (Å²) in [5.74, 6) is -0.576. The van der Waals surface area contributed by atoms with Crippen LogP contribution < -0.4 is 0 Å². The van der Waals surface area contributed by atoms with Gasteiger partial charge in [-0.1, -0.05) is 49.5 Å². The van der Waals surface area contributed by atoms with Crippen molar-refractivity contribution < 1.29 is 9.59 Å². The van der Waals surface area contributed by atoms with Crippen molar-refractivity contribution in [3.05, 3.63) is 35.9 Å². The Kier molecular flexibility index (Phi) is 2.97. The predicted molar refractivity (Wildman–Crippen MR) is 65.6 cm³/mol. The number of ketones is 2. The van der Waals surface area contributed by atoms with Crippen LogP contribution in [0.5, 0.6) is 0 Å². The van der Waals surface area contributed by atoms with E-state index in [9.17, 15) is 9.59 Å². The van der Waals surface area contributed by atoms with Gasteiger partial charge in [0, 0.05) is 18.3 Å². The van der Waals surface area contributed by atoms with E-state index < -0.39 is 0 Å². The van der Waals surface area contributed by atoms with Crippen molar-refractivity contribution in [1.82, 2.24) is 0 Å². The summed E-state index contributed by atoms with van der Waals surface area (Å²) in [5, 5.41) is 0. The molecule has 0 aliphatic heterocycles. The Bertz CT molecular complexity index is 450. The van der Waals surface area contributed by atoms with Gasteiger partial charge >= 0.3 is 0 Å². The molecular formula is C13H12O2S. The number of hydrogen-bond donors (Lipinski definition) is 0. The summed E-state index contributed by atoms with van der Waals surface area (Å²) < 4.78 is 0. The lowest BCUT2D eigenvalue weighted by atomic mass is 9.75. The summed E-state index contributed by atoms with van der Waals surface area (Å²) in [4.78, 5) is 23.3. The van der Waals surface area contributed by atoms with Crippen LogP contribution in [-0.4, -0.2) is 16.4 Å². The third kappa shape index (κ3) is 1.83. The van der Waals surface area contributed by atoms with Gasteiger partial charge in [-0.05, 0) is 5.56 Å². The summed E-state index contributed by atoms with van der Waals surface area (Å²) in [6.45, 7) is 1.85. The second kappa shape index (κ2) is 4.26. The van der Waals surface area contributed by atoms with E-state index in [1.165, 1.54) is 0 Å². The molecule has 0 amide bonds. The standard InChI is InChI=1S/C13H12O2S/c1-8-10(9-5-3-2-4-6-9)7-11(14)13(16)12(8)15/h2-6,8,10H,7H2,1H3. The molecule has 2 atom stereocenters. The molecule has 0 heterocycles. The molecule has 0 N–H and O–H groups in total. The van der Waals surface area contributed by atoms with Crippen molar-refractivity contribution >= 4 is 28.6 Å². The Balaban J connectivity index is 2.33. The first kappa shape index (κ1) is 11.1. The highest BCUT2D eigenvalue weighted by molar-refractivity contribution is 7.84. The van der Waals surface area contributed by atoms with Gasteiger partial charge in [0.1, 0.15) is 4.86 Å². The third-order valence-corrected chi connectivity index (χ3v) is 3.56. The van der Waals surface area contributed by atoms with Crippen molar-refractivity contribution in [2.24, 2.45) is 5.92 Å². The molecule has 0 saturated heterocycles.